The Balaban J connectivity index is 2.35. The molecule has 32 heavy (non-hydrogen) atoms. The second-order valence-corrected chi connectivity index (χ2v) is 9.43. The van der Waals surface area contributed by atoms with Gasteiger partial charge >= 0.3 is 12.0 Å². The van der Waals surface area contributed by atoms with Crippen LogP contribution in [0.2, 0.25) is 0 Å². The van der Waals surface area contributed by atoms with Crippen molar-refractivity contribution in [2.75, 3.05) is 28.6 Å². The number of carboxylic acids is 1. The van der Waals surface area contributed by atoms with Gasteiger partial charge in [0.1, 0.15) is 0 Å². The highest BCUT2D eigenvalue weighted by Gasteiger charge is 2.18. The lowest BCUT2D eigenvalue weighted by molar-refractivity contribution is -0.141. The summed E-state index contributed by atoms with van der Waals surface area (Å²) in [5.74, 6) is -0.427. The van der Waals surface area contributed by atoms with E-state index in [0.717, 1.165) is 29.9 Å². The van der Waals surface area contributed by atoms with E-state index >= 15 is 0 Å². The standard InChI is InChI=1S/C26H37N3O3/c1-17(2)15-29(16-18(3)4)24-12-9-21(13-20(6)25(30)31)14-23(24)28-26(32)27-22-10-7-19(5)8-11-22/h7-12,14,17-18,20H,13,15-16H2,1-6H3,(H,30,31)(H2,27,28,32). The van der Waals surface area contributed by atoms with Crippen LogP contribution >= 0.6 is 0 Å². The third kappa shape index (κ3) is 7.91. The molecule has 1 unspecified atom stereocenters. The summed E-state index contributed by atoms with van der Waals surface area (Å²) in [4.78, 5) is 26.4. The average molecular weight is 440 g/mol. The van der Waals surface area contributed by atoms with Crippen LogP contribution in [0.15, 0.2) is 42.5 Å². The number of hydrogen-bond donors (Lipinski definition) is 3. The number of nitrogens with zero attached hydrogens (tertiary/aromatic N) is 1. The fourth-order valence-corrected chi connectivity index (χ4v) is 3.60. The van der Waals surface area contributed by atoms with Gasteiger partial charge in [0.15, 0.2) is 0 Å². The van der Waals surface area contributed by atoms with E-state index in [1.165, 1.54) is 0 Å². The molecule has 0 bridgehead atoms. The van der Waals surface area contributed by atoms with Crippen LogP contribution in [0.1, 0.15) is 45.7 Å². The molecule has 6 heteroatoms. The molecule has 2 rings (SSSR count). The summed E-state index contributed by atoms with van der Waals surface area (Å²) in [6.07, 6.45) is 0.401. The van der Waals surface area contributed by atoms with Crippen LogP contribution in [0.3, 0.4) is 0 Å². The number of aryl methyl sites for hydroxylation is 1. The van der Waals surface area contributed by atoms with Crippen LogP contribution in [0.5, 0.6) is 0 Å². The zero-order valence-corrected chi connectivity index (χ0v) is 20.1. The van der Waals surface area contributed by atoms with Gasteiger partial charge in [-0.15, -0.1) is 0 Å². The Morgan fingerprint density at radius 2 is 1.50 bits per heavy atom. The monoisotopic (exact) mass is 439 g/mol. The van der Waals surface area contributed by atoms with E-state index in [0.29, 0.717) is 29.6 Å². The van der Waals surface area contributed by atoms with Crippen LogP contribution < -0.4 is 15.5 Å². The Hall–Kier alpha value is -3.02. The third-order valence-electron chi connectivity index (χ3n) is 5.09. The molecule has 174 valence electrons. The fourth-order valence-electron chi connectivity index (χ4n) is 3.60. The molecular weight excluding hydrogens is 402 g/mol. The Morgan fingerprint density at radius 3 is 2.03 bits per heavy atom. The van der Waals surface area contributed by atoms with Crippen LogP contribution in [-0.4, -0.2) is 30.2 Å². The van der Waals surface area contributed by atoms with Gasteiger partial charge in [-0.2, -0.15) is 0 Å². The van der Waals surface area contributed by atoms with E-state index in [2.05, 4.69) is 43.2 Å². The molecular formula is C26H37N3O3. The van der Waals surface area contributed by atoms with Gasteiger partial charge in [0.05, 0.1) is 17.3 Å². The summed E-state index contributed by atoms with van der Waals surface area (Å²) in [7, 11) is 0. The lowest BCUT2D eigenvalue weighted by Gasteiger charge is -2.31. The Morgan fingerprint density at radius 1 is 0.906 bits per heavy atom. The van der Waals surface area contributed by atoms with Crippen LogP contribution in [0.25, 0.3) is 0 Å². The third-order valence-corrected chi connectivity index (χ3v) is 5.09. The Bertz CT molecular complexity index is 897. The molecule has 0 aromatic heterocycles. The molecule has 0 spiro atoms. The first-order valence-electron chi connectivity index (χ1n) is 11.3. The second kappa shape index (κ2) is 11.6. The van der Waals surface area contributed by atoms with E-state index in [1.807, 2.05) is 49.4 Å². The predicted octanol–water partition coefficient (Wildman–Crippen LogP) is 6.02. The number of anilines is 3. The number of carbonyl (C=O) groups is 2. The fraction of sp³-hybridized carbons (Fsp3) is 0.462. The van der Waals surface area contributed by atoms with Crippen molar-refractivity contribution in [2.24, 2.45) is 17.8 Å². The topological polar surface area (TPSA) is 81.7 Å². The molecule has 0 aliphatic rings. The molecule has 0 aliphatic heterocycles. The van der Waals surface area contributed by atoms with E-state index in [9.17, 15) is 14.7 Å². The molecule has 2 amide bonds. The van der Waals surface area contributed by atoms with Crippen molar-refractivity contribution in [2.45, 2.75) is 48.0 Å². The Kier molecular flexibility index (Phi) is 9.12. The summed E-state index contributed by atoms with van der Waals surface area (Å²) in [5, 5.41) is 15.2. The Labute approximate surface area is 192 Å². The SMILES string of the molecule is Cc1ccc(NC(=O)Nc2cc(CC(C)C(=O)O)ccc2N(CC(C)C)CC(C)C)cc1. The summed E-state index contributed by atoms with van der Waals surface area (Å²) in [6, 6.07) is 13.2. The highest BCUT2D eigenvalue weighted by molar-refractivity contribution is 6.02. The summed E-state index contributed by atoms with van der Waals surface area (Å²) >= 11 is 0. The minimum Gasteiger partial charge on any atom is -0.481 e. The number of benzene rings is 2. The van der Waals surface area contributed by atoms with Crippen LogP contribution in [-0.2, 0) is 11.2 Å². The number of amides is 2. The molecule has 1 atom stereocenters. The highest BCUT2D eigenvalue weighted by atomic mass is 16.4. The molecule has 0 radical (unpaired) electrons. The van der Waals surface area contributed by atoms with Gasteiger partial charge in [0, 0.05) is 18.8 Å². The number of hydrogen-bond acceptors (Lipinski definition) is 3. The summed E-state index contributed by atoms with van der Waals surface area (Å²) in [6.45, 7) is 14.1. The van der Waals surface area contributed by atoms with Gasteiger partial charge in [0.25, 0.3) is 0 Å². The second-order valence-electron chi connectivity index (χ2n) is 9.43. The molecule has 6 nitrogen and oxygen atoms in total. The quantitative estimate of drug-likeness (QED) is 0.423. The summed E-state index contributed by atoms with van der Waals surface area (Å²) < 4.78 is 0. The van der Waals surface area contributed by atoms with Gasteiger partial charge in [-0.3, -0.25) is 4.79 Å². The molecule has 0 saturated carbocycles. The van der Waals surface area contributed by atoms with Gasteiger partial charge in [-0.1, -0.05) is 58.4 Å². The molecule has 0 aliphatic carbocycles. The van der Waals surface area contributed by atoms with Gasteiger partial charge in [-0.25, -0.2) is 4.79 Å². The minimum absolute atomic E-state index is 0.326. The van der Waals surface area contributed by atoms with Crippen molar-refractivity contribution < 1.29 is 14.7 Å². The van der Waals surface area contributed by atoms with Gasteiger partial charge in [0.2, 0.25) is 0 Å². The van der Waals surface area contributed by atoms with Crippen molar-refractivity contribution in [3.8, 4) is 0 Å². The molecule has 0 saturated heterocycles. The number of urea groups is 1. The van der Waals surface area contributed by atoms with Crippen molar-refractivity contribution in [1.82, 2.24) is 0 Å². The molecule has 3 N–H and O–H groups in total. The largest absolute Gasteiger partial charge is 0.481 e. The van der Waals surface area contributed by atoms with E-state index < -0.39 is 11.9 Å². The predicted molar refractivity (Wildman–Crippen MR) is 133 cm³/mol. The maximum absolute atomic E-state index is 12.8. The highest BCUT2D eigenvalue weighted by Crippen LogP contribution is 2.30. The zero-order chi connectivity index (χ0) is 23.8. The number of nitrogens with one attached hydrogen (secondary N) is 2. The van der Waals surface area contributed by atoms with E-state index in [-0.39, 0.29) is 6.03 Å². The van der Waals surface area contributed by atoms with E-state index in [4.69, 9.17) is 0 Å². The maximum Gasteiger partial charge on any atom is 0.323 e. The lowest BCUT2D eigenvalue weighted by atomic mass is 9.99. The first kappa shape index (κ1) is 25.2. The van der Waals surface area contributed by atoms with Crippen molar-refractivity contribution in [1.29, 1.82) is 0 Å². The van der Waals surface area contributed by atoms with Crippen LogP contribution in [0.4, 0.5) is 21.9 Å². The number of aliphatic carboxylic acids is 1. The van der Waals surface area contributed by atoms with E-state index in [1.54, 1.807) is 6.92 Å². The smallest absolute Gasteiger partial charge is 0.323 e. The van der Waals surface area contributed by atoms with Crippen LogP contribution in [0, 0.1) is 24.7 Å². The normalized spacial score (nSPS) is 12.0. The average Bonchev–Trinajstić information content (AvgIpc) is 2.68. The molecule has 2 aromatic rings. The molecule has 0 fully saturated rings. The van der Waals surface area contributed by atoms with Gasteiger partial charge in [-0.05, 0) is 55.0 Å². The van der Waals surface area contributed by atoms with Crippen molar-refractivity contribution in [3.05, 3.63) is 53.6 Å². The van der Waals surface area contributed by atoms with Gasteiger partial charge < -0.3 is 20.6 Å². The first-order chi connectivity index (χ1) is 15.0. The lowest BCUT2D eigenvalue weighted by Crippen LogP contribution is -2.32. The van der Waals surface area contributed by atoms with Crippen molar-refractivity contribution in [3.63, 3.8) is 0 Å². The number of rotatable bonds is 10. The number of carboxylic acid groups (broad SMARTS) is 1. The minimum atomic E-state index is -0.832. The number of carbonyl (C=O) groups excluding carboxylic acids is 1. The van der Waals surface area contributed by atoms with Crippen molar-refractivity contribution >= 4 is 29.1 Å². The molecule has 0 heterocycles. The summed E-state index contributed by atoms with van der Waals surface area (Å²) in [5.41, 5.74) is 4.34. The maximum atomic E-state index is 12.8. The first-order valence-corrected chi connectivity index (χ1v) is 11.3. The zero-order valence-electron chi connectivity index (χ0n) is 20.1. The molecule has 2 aromatic carbocycles.